The maximum absolute atomic E-state index is 7.73. The first-order valence-corrected chi connectivity index (χ1v) is 9.65. The van der Waals surface area contributed by atoms with Gasteiger partial charge in [-0.2, -0.15) is 0 Å². The summed E-state index contributed by atoms with van der Waals surface area (Å²) in [6.45, 7) is 0.0760. The number of rotatable bonds is 2. The van der Waals surface area contributed by atoms with Gasteiger partial charge in [0.15, 0.2) is 6.20 Å². The average Bonchev–Trinajstić information content (AvgIpc) is 3.15. The SMILES string of the molecule is [2H]C([2H])([2H])c1ccc(-c2cc(-c3ccccc3)c3c(c2C)Cc2ccccc2-3)[n+](C)c1. The monoisotopic (exact) mass is 365 g/mol. The van der Waals surface area contributed by atoms with Crippen molar-refractivity contribution in [2.45, 2.75) is 20.2 Å². The third-order valence-electron chi connectivity index (χ3n) is 5.86. The van der Waals surface area contributed by atoms with Crippen molar-refractivity contribution in [1.82, 2.24) is 0 Å². The zero-order valence-corrected chi connectivity index (χ0v) is 16.2. The van der Waals surface area contributed by atoms with Gasteiger partial charge in [0.05, 0.1) is 0 Å². The molecule has 0 fully saturated rings. The first-order chi connectivity index (χ1) is 14.8. The van der Waals surface area contributed by atoms with Gasteiger partial charge in [-0.25, -0.2) is 4.57 Å². The van der Waals surface area contributed by atoms with E-state index in [-0.39, 0.29) is 0 Å². The van der Waals surface area contributed by atoms with E-state index in [0.717, 1.165) is 17.7 Å². The molecule has 0 N–H and O–H groups in total. The zero-order valence-electron chi connectivity index (χ0n) is 19.2. The summed E-state index contributed by atoms with van der Waals surface area (Å²) in [6.07, 6.45) is 2.65. The molecule has 0 spiro atoms. The highest BCUT2D eigenvalue weighted by molar-refractivity contribution is 5.94. The predicted molar refractivity (Wildman–Crippen MR) is 116 cm³/mol. The Morgan fingerprint density at radius 3 is 2.43 bits per heavy atom. The highest BCUT2D eigenvalue weighted by Gasteiger charge is 2.27. The Morgan fingerprint density at radius 1 is 0.857 bits per heavy atom. The molecule has 5 rings (SSSR count). The molecule has 1 aromatic heterocycles. The molecule has 1 heterocycles. The van der Waals surface area contributed by atoms with E-state index in [2.05, 4.69) is 61.5 Å². The van der Waals surface area contributed by atoms with Crippen LogP contribution >= 0.6 is 0 Å². The van der Waals surface area contributed by atoms with Crippen molar-refractivity contribution in [3.05, 3.63) is 101 Å². The highest BCUT2D eigenvalue weighted by Crippen LogP contribution is 2.46. The minimum absolute atomic E-state index is 0.355. The molecule has 28 heavy (non-hydrogen) atoms. The molecule has 0 aliphatic heterocycles. The molecule has 0 amide bonds. The van der Waals surface area contributed by atoms with Gasteiger partial charge in [0, 0.05) is 21.3 Å². The molecule has 3 aromatic carbocycles. The van der Waals surface area contributed by atoms with Crippen molar-refractivity contribution < 1.29 is 8.68 Å². The minimum Gasteiger partial charge on any atom is -0.201 e. The molecular formula is C27H24N+. The zero-order chi connectivity index (χ0) is 21.8. The van der Waals surface area contributed by atoms with Gasteiger partial charge in [-0.3, -0.25) is 0 Å². The second kappa shape index (κ2) is 6.45. The molecule has 0 unspecified atom stereocenters. The lowest BCUT2D eigenvalue weighted by Crippen LogP contribution is -2.31. The number of hydrogen-bond donors (Lipinski definition) is 0. The van der Waals surface area contributed by atoms with Gasteiger partial charge < -0.3 is 0 Å². The Bertz CT molecular complexity index is 1300. The average molecular weight is 366 g/mol. The van der Waals surface area contributed by atoms with Crippen molar-refractivity contribution in [3.8, 4) is 33.5 Å². The lowest BCUT2D eigenvalue weighted by atomic mass is 9.87. The van der Waals surface area contributed by atoms with Crippen molar-refractivity contribution in [3.63, 3.8) is 0 Å². The van der Waals surface area contributed by atoms with Crippen molar-refractivity contribution >= 4 is 0 Å². The van der Waals surface area contributed by atoms with Crippen molar-refractivity contribution in [2.75, 3.05) is 0 Å². The Labute approximate surface area is 171 Å². The van der Waals surface area contributed by atoms with E-state index < -0.39 is 6.85 Å². The fourth-order valence-corrected chi connectivity index (χ4v) is 4.47. The van der Waals surface area contributed by atoms with Gasteiger partial charge in [0.25, 0.3) is 0 Å². The lowest BCUT2D eigenvalue weighted by molar-refractivity contribution is -0.660. The van der Waals surface area contributed by atoms with Gasteiger partial charge in [0.2, 0.25) is 5.69 Å². The number of hydrogen-bond acceptors (Lipinski definition) is 0. The fraction of sp³-hybridized carbons (Fsp3) is 0.148. The molecule has 1 heteroatoms. The summed E-state index contributed by atoms with van der Waals surface area (Å²) in [5.41, 5.74) is 11.5. The third-order valence-corrected chi connectivity index (χ3v) is 5.86. The van der Waals surface area contributed by atoms with Crippen LogP contribution in [0.15, 0.2) is 79.0 Å². The van der Waals surface area contributed by atoms with Crippen LogP contribution in [0.3, 0.4) is 0 Å². The van der Waals surface area contributed by atoms with Gasteiger partial charge in [-0.15, -0.1) is 0 Å². The van der Waals surface area contributed by atoms with Crippen molar-refractivity contribution in [2.24, 2.45) is 7.05 Å². The third kappa shape index (κ3) is 2.58. The maximum atomic E-state index is 7.73. The highest BCUT2D eigenvalue weighted by atomic mass is 14.9. The fourth-order valence-electron chi connectivity index (χ4n) is 4.47. The summed E-state index contributed by atoms with van der Waals surface area (Å²) in [7, 11) is 1.92. The van der Waals surface area contributed by atoms with Crippen LogP contribution in [0.2, 0.25) is 0 Å². The van der Waals surface area contributed by atoms with E-state index in [9.17, 15) is 0 Å². The summed E-state index contributed by atoms with van der Waals surface area (Å²) in [5, 5.41) is 0. The van der Waals surface area contributed by atoms with E-state index in [1.165, 1.54) is 38.9 Å². The predicted octanol–water partition coefficient (Wildman–Crippen LogP) is 6.03. The van der Waals surface area contributed by atoms with Crippen LogP contribution < -0.4 is 4.57 Å². The number of nitrogens with zero attached hydrogens (tertiary/aromatic N) is 1. The van der Waals surface area contributed by atoms with Crippen LogP contribution in [0.25, 0.3) is 33.5 Å². The van der Waals surface area contributed by atoms with E-state index in [1.807, 2.05) is 23.7 Å². The minimum atomic E-state index is -2.11. The molecule has 0 atom stereocenters. The number of fused-ring (bicyclic) bond motifs is 3. The Morgan fingerprint density at radius 2 is 1.64 bits per heavy atom. The Hall–Kier alpha value is -3.19. The second-order valence-electron chi connectivity index (χ2n) is 7.56. The van der Waals surface area contributed by atoms with E-state index >= 15 is 0 Å². The smallest absolute Gasteiger partial charge is 0.201 e. The van der Waals surface area contributed by atoms with Gasteiger partial charge >= 0.3 is 0 Å². The molecule has 0 bridgehead atoms. The summed E-state index contributed by atoms with van der Waals surface area (Å²) < 4.78 is 25.1. The molecule has 1 aliphatic rings. The topological polar surface area (TPSA) is 3.88 Å². The van der Waals surface area contributed by atoms with E-state index in [4.69, 9.17) is 4.11 Å². The summed E-state index contributed by atoms with van der Waals surface area (Å²) >= 11 is 0. The molecule has 1 aliphatic carbocycles. The van der Waals surface area contributed by atoms with Crippen LogP contribution in [0, 0.1) is 13.8 Å². The van der Waals surface area contributed by atoms with Crippen LogP contribution in [0.5, 0.6) is 0 Å². The van der Waals surface area contributed by atoms with Crippen LogP contribution in [0.4, 0.5) is 0 Å². The molecule has 136 valence electrons. The van der Waals surface area contributed by atoms with Gasteiger partial charge in [-0.05, 0) is 71.3 Å². The number of benzene rings is 3. The quantitative estimate of drug-likeness (QED) is 0.336. The largest absolute Gasteiger partial charge is 0.212 e. The number of aromatic nitrogens is 1. The standard InChI is InChI=1S/C27H24N/c1-18-13-14-26(28(3)17-18)23-16-25(20-9-5-4-6-10-20)27-22-12-8-7-11-21(22)15-24(27)19(23)2/h4-14,16-17H,15H2,1-3H3/q+1/i1D3. The normalized spacial score (nSPS) is 14.0. The maximum Gasteiger partial charge on any atom is 0.212 e. The van der Waals surface area contributed by atoms with E-state index in [1.54, 1.807) is 12.3 Å². The Kier molecular flexibility index (Phi) is 3.20. The lowest BCUT2D eigenvalue weighted by Gasteiger charge is -2.16. The second-order valence-corrected chi connectivity index (χ2v) is 7.56. The van der Waals surface area contributed by atoms with Crippen LogP contribution in [-0.2, 0) is 13.5 Å². The molecule has 1 nitrogen and oxygen atoms in total. The van der Waals surface area contributed by atoms with Gasteiger partial charge in [-0.1, -0.05) is 54.6 Å². The summed E-state index contributed by atoms with van der Waals surface area (Å²) in [4.78, 5) is 0. The first-order valence-electron chi connectivity index (χ1n) is 11.2. The molecule has 0 radical (unpaired) electrons. The first kappa shape index (κ1) is 13.9. The number of pyridine rings is 1. The van der Waals surface area contributed by atoms with Crippen molar-refractivity contribution in [1.29, 1.82) is 0 Å². The summed E-state index contributed by atoms with van der Waals surface area (Å²) in [6, 6.07) is 25.1. The number of aryl methyl sites for hydroxylation is 2. The van der Waals surface area contributed by atoms with Gasteiger partial charge in [0.1, 0.15) is 7.05 Å². The summed E-state index contributed by atoms with van der Waals surface area (Å²) in [5.74, 6) is 0. The molecule has 0 saturated carbocycles. The molecule has 4 aromatic rings. The van der Waals surface area contributed by atoms with Crippen LogP contribution in [-0.4, -0.2) is 0 Å². The molecular weight excluding hydrogens is 338 g/mol. The molecule has 0 saturated heterocycles. The van der Waals surface area contributed by atoms with Crippen LogP contribution in [0.1, 0.15) is 26.4 Å². The van der Waals surface area contributed by atoms with E-state index in [0.29, 0.717) is 5.56 Å². The Balaban J connectivity index is 1.78.